The summed E-state index contributed by atoms with van der Waals surface area (Å²) in [5.41, 5.74) is 0. The van der Waals surface area contributed by atoms with E-state index in [9.17, 15) is 0 Å². The third-order valence-corrected chi connectivity index (χ3v) is 9.34. The standard InChI is InChI=1S/C23H50O2Si/c1-5-9-10-11-12-13-14-15-16-17-18-19-20-21-22-23-26(8-4,24-6-2)25-7-3/h5-23H2,1-4H3. The SMILES string of the molecule is CCCCCCCCCCCCCCCCC[Si](CC)(OCC)OCC. The van der Waals surface area contributed by atoms with E-state index in [4.69, 9.17) is 8.85 Å². The maximum atomic E-state index is 6.05. The Morgan fingerprint density at radius 3 is 1.12 bits per heavy atom. The van der Waals surface area contributed by atoms with E-state index in [-0.39, 0.29) is 0 Å². The predicted octanol–water partition coefficient (Wildman–Crippen LogP) is 8.39. The van der Waals surface area contributed by atoms with Crippen molar-refractivity contribution >= 4 is 8.56 Å². The Kier molecular flexibility index (Phi) is 20.0. The lowest BCUT2D eigenvalue weighted by Crippen LogP contribution is -2.41. The van der Waals surface area contributed by atoms with E-state index in [1.165, 1.54) is 102 Å². The van der Waals surface area contributed by atoms with Crippen molar-refractivity contribution in [2.75, 3.05) is 13.2 Å². The minimum absolute atomic E-state index is 0.804. The molecule has 0 aromatic heterocycles. The Bertz CT molecular complexity index is 265. The Balaban J connectivity index is 3.39. The Hall–Kier alpha value is 0.137. The molecule has 0 aliphatic rings. The zero-order valence-electron chi connectivity index (χ0n) is 18.8. The van der Waals surface area contributed by atoms with Crippen LogP contribution in [0.5, 0.6) is 0 Å². The largest absolute Gasteiger partial charge is 0.394 e. The van der Waals surface area contributed by atoms with Gasteiger partial charge < -0.3 is 8.85 Å². The second kappa shape index (κ2) is 19.9. The van der Waals surface area contributed by atoms with Gasteiger partial charge in [0, 0.05) is 13.2 Å². The van der Waals surface area contributed by atoms with Crippen molar-refractivity contribution in [3.8, 4) is 0 Å². The first kappa shape index (κ1) is 26.1. The topological polar surface area (TPSA) is 18.5 Å². The quantitative estimate of drug-likeness (QED) is 0.146. The Labute approximate surface area is 167 Å². The Morgan fingerprint density at radius 1 is 0.462 bits per heavy atom. The fourth-order valence-electron chi connectivity index (χ4n) is 3.86. The molecule has 0 radical (unpaired) electrons. The lowest BCUT2D eigenvalue weighted by Gasteiger charge is -2.28. The van der Waals surface area contributed by atoms with Crippen LogP contribution in [0.1, 0.15) is 124 Å². The summed E-state index contributed by atoms with van der Waals surface area (Å²) in [7, 11) is -1.87. The van der Waals surface area contributed by atoms with Gasteiger partial charge in [0.05, 0.1) is 0 Å². The van der Waals surface area contributed by atoms with Crippen molar-refractivity contribution in [1.29, 1.82) is 0 Å². The van der Waals surface area contributed by atoms with E-state index in [1.54, 1.807) is 0 Å². The maximum absolute atomic E-state index is 6.05. The molecule has 0 unspecified atom stereocenters. The summed E-state index contributed by atoms with van der Waals surface area (Å²) in [4.78, 5) is 0. The van der Waals surface area contributed by atoms with Gasteiger partial charge in [-0.1, -0.05) is 110 Å². The molecule has 0 heterocycles. The molecule has 0 aromatic rings. The number of hydrogen-bond donors (Lipinski definition) is 0. The predicted molar refractivity (Wildman–Crippen MR) is 119 cm³/mol. The average Bonchev–Trinajstić information content (AvgIpc) is 2.65. The fraction of sp³-hybridized carbons (Fsp3) is 1.00. The molecule has 2 nitrogen and oxygen atoms in total. The summed E-state index contributed by atoms with van der Waals surface area (Å²) in [6, 6.07) is 2.27. The van der Waals surface area contributed by atoms with Gasteiger partial charge in [0.1, 0.15) is 0 Å². The molecule has 3 heteroatoms. The van der Waals surface area contributed by atoms with Crippen molar-refractivity contribution in [1.82, 2.24) is 0 Å². The molecule has 0 spiro atoms. The molecule has 0 aliphatic heterocycles. The van der Waals surface area contributed by atoms with Crippen LogP contribution in [0.15, 0.2) is 0 Å². The zero-order valence-corrected chi connectivity index (χ0v) is 19.8. The highest BCUT2D eigenvalue weighted by Gasteiger charge is 2.33. The van der Waals surface area contributed by atoms with Crippen LogP contribution >= 0.6 is 0 Å². The van der Waals surface area contributed by atoms with Crippen LogP contribution < -0.4 is 0 Å². The third kappa shape index (κ3) is 15.2. The van der Waals surface area contributed by atoms with Crippen molar-refractivity contribution in [2.45, 2.75) is 136 Å². The van der Waals surface area contributed by atoms with E-state index >= 15 is 0 Å². The van der Waals surface area contributed by atoms with Gasteiger partial charge in [-0.05, 0) is 25.9 Å². The molecule has 0 atom stereocenters. The first-order valence-electron chi connectivity index (χ1n) is 12.0. The lowest BCUT2D eigenvalue weighted by atomic mass is 10.0. The normalized spacial score (nSPS) is 12.0. The summed E-state index contributed by atoms with van der Waals surface area (Å²) in [5, 5.41) is 0. The van der Waals surface area contributed by atoms with Gasteiger partial charge in [-0.2, -0.15) is 0 Å². The average molecular weight is 387 g/mol. The van der Waals surface area contributed by atoms with Gasteiger partial charge in [0.15, 0.2) is 0 Å². The molecule has 0 aromatic carbocycles. The molecular formula is C23H50O2Si. The highest BCUT2D eigenvalue weighted by Crippen LogP contribution is 2.23. The lowest BCUT2D eigenvalue weighted by molar-refractivity contribution is 0.182. The van der Waals surface area contributed by atoms with E-state index in [2.05, 4.69) is 27.7 Å². The molecule has 0 fully saturated rings. The van der Waals surface area contributed by atoms with Gasteiger partial charge in [-0.3, -0.25) is 0 Å². The summed E-state index contributed by atoms with van der Waals surface area (Å²) in [5.74, 6) is 0. The van der Waals surface area contributed by atoms with Crippen LogP contribution in [0.25, 0.3) is 0 Å². The maximum Gasteiger partial charge on any atom is 0.337 e. The molecule has 26 heavy (non-hydrogen) atoms. The van der Waals surface area contributed by atoms with Crippen molar-refractivity contribution in [3.63, 3.8) is 0 Å². The van der Waals surface area contributed by atoms with Crippen LogP contribution in [-0.2, 0) is 8.85 Å². The molecule has 0 aliphatic carbocycles. The third-order valence-electron chi connectivity index (χ3n) is 5.51. The minimum Gasteiger partial charge on any atom is -0.394 e. The number of unbranched alkanes of at least 4 members (excludes halogenated alkanes) is 14. The van der Waals surface area contributed by atoms with E-state index in [0.29, 0.717) is 0 Å². The summed E-state index contributed by atoms with van der Waals surface area (Å²) in [6.45, 7) is 10.3. The smallest absolute Gasteiger partial charge is 0.337 e. The van der Waals surface area contributed by atoms with Gasteiger partial charge >= 0.3 is 8.56 Å². The second-order valence-electron chi connectivity index (χ2n) is 7.83. The van der Waals surface area contributed by atoms with Gasteiger partial charge in [-0.15, -0.1) is 0 Å². The highest BCUT2D eigenvalue weighted by molar-refractivity contribution is 6.67. The highest BCUT2D eigenvalue weighted by atomic mass is 28.4. The second-order valence-corrected chi connectivity index (χ2v) is 11.4. The minimum atomic E-state index is -1.87. The zero-order chi connectivity index (χ0) is 19.3. The molecule has 0 saturated heterocycles. The molecule has 0 saturated carbocycles. The van der Waals surface area contributed by atoms with Crippen LogP contribution in [0.2, 0.25) is 12.1 Å². The fourth-order valence-corrected chi connectivity index (χ4v) is 6.83. The van der Waals surface area contributed by atoms with Gasteiger partial charge in [0.25, 0.3) is 0 Å². The number of rotatable bonds is 21. The summed E-state index contributed by atoms with van der Waals surface area (Å²) in [6.07, 6.45) is 21.3. The first-order valence-corrected chi connectivity index (χ1v) is 14.3. The summed E-state index contributed by atoms with van der Waals surface area (Å²) < 4.78 is 12.1. The van der Waals surface area contributed by atoms with Crippen LogP contribution in [0.4, 0.5) is 0 Å². The molecule has 0 N–H and O–H groups in total. The molecule has 0 amide bonds. The molecular weight excluding hydrogens is 336 g/mol. The summed E-state index contributed by atoms with van der Waals surface area (Å²) >= 11 is 0. The first-order chi connectivity index (χ1) is 12.7. The van der Waals surface area contributed by atoms with Crippen LogP contribution in [-0.4, -0.2) is 21.8 Å². The van der Waals surface area contributed by atoms with Crippen molar-refractivity contribution in [3.05, 3.63) is 0 Å². The van der Waals surface area contributed by atoms with Gasteiger partial charge in [0.2, 0.25) is 0 Å². The molecule has 0 rings (SSSR count). The monoisotopic (exact) mass is 386 g/mol. The number of hydrogen-bond acceptors (Lipinski definition) is 2. The van der Waals surface area contributed by atoms with E-state index in [0.717, 1.165) is 19.3 Å². The molecule has 158 valence electrons. The molecule has 0 bridgehead atoms. The van der Waals surface area contributed by atoms with Crippen LogP contribution in [0.3, 0.4) is 0 Å². The van der Waals surface area contributed by atoms with E-state index < -0.39 is 8.56 Å². The van der Waals surface area contributed by atoms with Gasteiger partial charge in [-0.25, -0.2) is 0 Å². The van der Waals surface area contributed by atoms with E-state index in [1.807, 2.05) is 0 Å². The van der Waals surface area contributed by atoms with Crippen molar-refractivity contribution in [2.24, 2.45) is 0 Å². The van der Waals surface area contributed by atoms with Crippen molar-refractivity contribution < 1.29 is 8.85 Å². The van der Waals surface area contributed by atoms with Crippen LogP contribution in [0, 0.1) is 0 Å². The Morgan fingerprint density at radius 2 is 0.808 bits per heavy atom.